The molecule has 2 aromatic heterocycles. The van der Waals surface area contributed by atoms with Gasteiger partial charge in [-0.1, -0.05) is 0 Å². The standard InChI is InChI=1S/C11H13N3OS/c12-7-1-2-8(5-7)15-10-9-3-4-16-11(9)14-6-13-10/h3-4,6-8H,1-2,5,12H2. The topological polar surface area (TPSA) is 61.0 Å². The lowest BCUT2D eigenvalue weighted by molar-refractivity contribution is 0.202. The van der Waals surface area contributed by atoms with Gasteiger partial charge in [0.25, 0.3) is 0 Å². The van der Waals surface area contributed by atoms with Crippen molar-refractivity contribution in [2.75, 3.05) is 0 Å². The first-order valence-corrected chi connectivity index (χ1v) is 6.31. The van der Waals surface area contributed by atoms with Crippen LogP contribution in [0, 0.1) is 0 Å². The third kappa shape index (κ3) is 1.76. The molecule has 2 unspecified atom stereocenters. The van der Waals surface area contributed by atoms with E-state index in [0.29, 0.717) is 5.88 Å². The molecule has 0 aliphatic heterocycles. The number of thiophene rings is 1. The van der Waals surface area contributed by atoms with Gasteiger partial charge in [-0.25, -0.2) is 9.97 Å². The van der Waals surface area contributed by atoms with Crippen LogP contribution in [0.3, 0.4) is 0 Å². The molecule has 3 rings (SSSR count). The number of nitrogens with zero attached hydrogens (tertiary/aromatic N) is 2. The van der Waals surface area contributed by atoms with E-state index >= 15 is 0 Å². The van der Waals surface area contributed by atoms with Crippen molar-refractivity contribution >= 4 is 21.6 Å². The van der Waals surface area contributed by atoms with Crippen LogP contribution in [0.1, 0.15) is 19.3 Å². The Labute approximate surface area is 97.5 Å². The van der Waals surface area contributed by atoms with Gasteiger partial charge in [0.15, 0.2) is 0 Å². The smallest absolute Gasteiger partial charge is 0.225 e. The van der Waals surface area contributed by atoms with Crippen LogP contribution in [0.25, 0.3) is 10.2 Å². The molecule has 0 saturated heterocycles. The zero-order valence-electron chi connectivity index (χ0n) is 8.80. The van der Waals surface area contributed by atoms with E-state index in [4.69, 9.17) is 10.5 Å². The summed E-state index contributed by atoms with van der Waals surface area (Å²) < 4.78 is 5.89. The molecule has 2 atom stereocenters. The Kier molecular flexibility index (Phi) is 2.49. The molecule has 0 spiro atoms. The van der Waals surface area contributed by atoms with Crippen molar-refractivity contribution in [2.24, 2.45) is 5.73 Å². The molecule has 5 heteroatoms. The highest BCUT2D eigenvalue weighted by atomic mass is 32.1. The maximum Gasteiger partial charge on any atom is 0.225 e. The van der Waals surface area contributed by atoms with Crippen LogP contribution in [0.15, 0.2) is 17.8 Å². The molecule has 1 fully saturated rings. The number of rotatable bonds is 2. The fraction of sp³-hybridized carbons (Fsp3) is 0.455. The monoisotopic (exact) mass is 235 g/mol. The minimum Gasteiger partial charge on any atom is -0.474 e. The van der Waals surface area contributed by atoms with E-state index in [1.807, 2.05) is 11.4 Å². The van der Waals surface area contributed by atoms with Crippen molar-refractivity contribution in [1.29, 1.82) is 0 Å². The number of fused-ring (bicyclic) bond motifs is 1. The first kappa shape index (κ1) is 9.99. The van der Waals surface area contributed by atoms with Gasteiger partial charge >= 0.3 is 0 Å². The van der Waals surface area contributed by atoms with Crippen molar-refractivity contribution in [2.45, 2.75) is 31.4 Å². The van der Waals surface area contributed by atoms with Crippen molar-refractivity contribution in [3.8, 4) is 5.88 Å². The number of hydrogen-bond acceptors (Lipinski definition) is 5. The van der Waals surface area contributed by atoms with Gasteiger partial charge in [-0.15, -0.1) is 11.3 Å². The minimum absolute atomic E-state index is 0.216. The molecule has 1 aliphatic carbocycles. The third-order valence-electron chi connectivity index (χ3n) is 2.93. The quantitative estimate of drug-likeness (QED) is 0.864. The maximum absolute atomic E-state index is 5.89. The molecule has 0 aromatic carbocycles. The van der Waals surface area contributed by atoms with Crippen molar-refractivity contribution in [3.05, 3.63) is 17.8 Å². The van der Waals surface area contributed by atoms with Gasteiger partial charge in [0.2, 0.25) is 5.88 Å². The van der Waals surface area contributed by atoms with Gasteiger partial charge in [-0.2, -0.15) is 0 Å². The molecule has 2 aromatic rings. The van der Waals surface area contributed by atoms with Crippen LogP contribution in [0.4, 0.5) is 0 Å². The lowest BCUT2D eigenvalue weighted by Gasteiger charge is -2.12. The van der Waals surface area contributed by atoms with E-state index in [9.17, 15) is 0 Å². The average molecular weight is 235 g/mol. The molecular weight excluding hydrogens is 222 g/mol. The third-order valence-corrected chi connectivity index (χ3v) is 3.75. The van der Waals surface area contributed by atoms with Crippen LogP contribution in [0.5, 0.6) is 5.88 Å². The average Bonchev–Trinajstić information content (AvgIpc) is 2.87. The number of hydrogen-bond donors (Lipinski definition) is 1. The van der Waals surface area contributed by atoms with Crippen LogP contribution in [0.2, 0.25) is 0 Å². The summed E-state index contributed by atoms with van der Waals surface area (Å²) in [6.07, 6.45) is 4.77. The summed E-state index contributed by atoms with van der Waals surface area (Å²) in [4.78, 5) is 9.37. The van der Waals surface area contributed by atoms with Crippen molar-refractivity contribution in [1.82, 2.24) is 9.97 Å². The highest BCUT2D eigenvalue weighted by Crippen LogP contribution is 2.29. The lowest BCUT2D eigenvalue weighted by Crippen LogP contribution is -2.19. The zero-order valence-corrected chi connectivity index (χ0v) is 9.61. The van der Waals surface area contributed by atoms with Gasteiger partial charge in [-0.3, -0.25) is 0 Å². The Morgan fingerprint density at radius 1 is 1.38 bits per heavy atom. The number of ether oxygens (including phenoxy) is 1. The predicted molar refractivity (Wildman–Crippen MR) is 63.7 cm³/mol. The van der Waals surface area contributed by atoms with E-state index in [1.54, 1.807) is 17.7 Å². The summed E-state index contributed by atoms with van der Waals surface area (Å²) in [5, 5.41) is 3.01. The molecule has 2 N–H and O–H groups in total. The van der Waals surface area contributed by atoms with E-state index in [-0.39, 0.29) is 12.1 Å². The fourth-order valence-corrected chi connectivity index (χ4v) is 2.82. The second-order valence-corrected chi connectivity index (χ2v) is 5.03. The molecule has 0 amide bonds. The summed E-state index contributed by atoms with van der Waals surface area (Å²) >= 11 is 1.60. The Hall–Kier alpha value is -1.20. The largest absolute Gasteiger partial charge is 0.474 e. The normalized spacial score (nSPS) is 25.1. The summed E-state index contributed by atoms with van der Waals surface area (Å²) in [5.74, 6) is 0.699. The predicted octanol–water partition coefficient (Wildman–Crippen LogP) is 1.95. The molecule has 1 saturated carbocycles. The van der Waals surface area contributed by atoms with Crippen LogP contribution in [-0.2, 0) is 0 Å². The molecule has 0 radical (unpaired) electrons. The summed E-state index contributed by atoms with van der Waals surface area (Å²) in [7, 11) is 0. The Bertz CT molecular complexity index is 499. The first-order chi connectivity index (χ1) is 7.83. The SMILES string of the molecule is NC1CCC(Oc2ncnc3sccc23)C1. The second kappa shape index (κ2) is 3.99. The van der Waals surface area contributed by atoms with Crippen LogP contribution < -0.4 is 10.5 Å². The van der Waals surface area contributed by atoms with Crippen LogP contribution >= 0.6 is 11.3 Å². The highest BCUT2D eigenvalue weighted by Gasteiger charge is 2.24. The fourth-order valence-electron chi connectivity index (χ4n) is 2.10. The number of aromatic nitrogens is 2. The summed E-state index contributed by atoms with van der Waals surface area (Å²) in [6.45, 7) is 0. The van der Waals surface area contributed by atoms with E-state index in [1.165, 1.54) is 0 Å². The van der Waals surface area contributed by atoms with Crippen molar-refractivity contribution in [3.63, 3.8) is 0 Å². The molecule has 84 valence electrons. The molecular formula is C11H13N3OS. The van der Waals surface area contributed by atoms with Gasteiger partial charge in [0, 0.05) is 6.04 Å². The zero-order chi connectivity index (χ0) is 11.0. The Morgan fingerprint density at radius 3 is 3.12 bits per heavy atom. The molecule has 0 bridgehead atoms. The van der Waals surface area contributed by atoms with E-state index < -0.39 is 0 Å². The summed E-state index contributed by atoms with van der Waals surface area (Å²) in [5.41, 5.74) is 5.86. The highest BCUT2D eigenvalue weighted by molar-refractivity contribution is 7.16. The van der Waals surface area contributed by atoms with Gasteiger partial charge < -0.3 is 10.5 Å². The molecule has 1 aliphatic rings. The lowest BCUT2D eigenvalue weighted by atomic mass is 10.3. The molecule has 4 nitrogen and oxygen atoms in total. The number of nitrogens with two attached hydrogens (primary N) is 1. The molecule has 16 heavy (non-hydrogen) atoms. The van der Waals surface area contributed by atoms with E-state index in [0.717, 1.165) is 29.5 Å². The Morgan fingerprint density at radius 2 is 2.31 bits per heavy atom. The Balaban J connectivity index is 1.86. The first-order valence-electron chi connectivity index (χ1n) is 5.43. The van der Waals surface area contributed by atoms with Gasteiger partial charge in [0.05, 0.1) is 5.39 Å². The summed E-state index contributed by atoms with van der Waals surface area (Å²) in [6, 6.07) is 2.29. The maximum atomic E-state index is 5.89. The molecule has 2 heterocycles. The van der Waals surface area contributed by atoms with E-state index in [2.05, 4.69) is 9.97 Å². The van der Waals surface area contributed by atoms with Crippen molar-refractivity contribution < 1.29 is 4.74 Å². The van der Waals surface area contributed by atoms with Crippen LogP contribution in [-0.4, -0.2) is 22.1 Å². The van der Waals surface area contributed by atoms with Gasteiger partial charge in [-0.05, 0) is 30.7 Å². The van der Waals surface area contributed by atoms with Gasteiger partial charge in [0.1, 0.15) is 17.3 Å². The second-order valence-electron chi connectivity index (χ2n) is 4.13. The minimum atomic E-state index is 0.216.